The van der Waals surface area contributed by atoms with Gasteiger partial charge in [0.15, 0.2) is 0 Å². The molecule has 1 aromatic heterocycles. The van der Waals surface area contributed by atoms with Gasteiger partial charge in [0.05, 0.1) is 10.5 Å². The molecule has 86 valence electrons. The van der Waals surface area contributed by atoms with E-state index in [9.17, 15) is 28.1 Å². The second-order valence-corrected chi connectivity index (χ2v) is 2.91. The fourth-order valence-electron chi connectivity index (χ4n) is 0.947. The highest BCUT2D eigenvalue weighted by molar-refractivity contribution is 6.67. The summed E-state index contributed by atoms with van der Waals surface area (Å²) in [6, 6.07) is 0.239. The molecule has 0 saturated heterocycles. The SMILES string of the molecule is O=C(Cl)c1nc(F)c([N+](=O)[O-])cc1C(F)F. The Hall–Kier alpha value is -1.70. The van der Waals surface area contributed by atoms with Crippen LogP contribution in [0.1, 0.15) is 22.5 Å². The predicted octanol–water partition coefficient (Wildman–Crippen LogP) is 2.45. The van der Waals surface area contributed by atoms with Crippen molar-refractivity contribution in [3.05, 3.63) is 33.4 Å². The molecule has 0 aliphatic rings. The van der Waals surface area contributed by atoms with Crippen LogP contribution in [0.5, 0.6) is 0 Å². The van der Waals surface area contributed by atoms with Gasteiger partial charge < -0.3 is 0 Å². The Morgan fingerprint density at radius 2 is 2.12 bits per heavy atom. The fourth-order valence-corrected chi connectivity index (χ4v) is 1.10. The Morgan fingerprint density at radius 1 is 1.56 bits per heavy atom. The monoisotopic (exact) mass is 254 g/mol. The molecule has 0 unspecified atom stereocenters. The van der Waals surface area contributed by atoms with Crippen molar-refractivity contribution in [3.63, 3.8) is 0 Å². The third-order valence-electron chi connectivity index (χ3n) is 1.60. The molecule has 0 atom stereocenters. The van der Waals surface area contributed by atoms with E-state index in [4.69, 9.17) is 11.6 Å². The number of hydrogen-bond acceptors (Lipinski definition) is 4. The van der Waals surface area contributed by atoms with E-state index in [1.54, 1.807) is 0 Å². The molecule has 0 bridgehead atoms. The number of carbonyl (C=O) groups excluding carboxylic acids is 1. The Morgan fingerprint density at radius 3 is 2.50 bits per heavy atom. The van der Waals surface area contributed by atoms with Crippen molar-refractivity contribution in [1.82, 2.24) is 4.98 Å². The summed E-state index contributed by atoms with van der Waals surface area (Å²) in [5.41, 5.74) is -3.34. The summed E-state index contributed by atoms with van der Waals surface area (Å²) in [6.07, 6.45) is -3.22. The number of pyridine rings is 1. The lowest BCUT2D eigenvalue weighted by atomic mass is 10.2. The van der Waals surface area contributed by atoms with Crippen molar-refractivity contribution in [2.45, 2.75) is 6.43 Å². The molecule has 0 N–H and O–H groups in total. The van der Waals surface area contributed by atoms with E-state index in [2.05, 4.69) is 4.98 Å². The van der Waals surface area contributed by atoms with Gasteiger partial charge in [-0.05, 0) is 11.6 Å². The predicted molar refractivity (Wildman–Crippen MR) is 46.0 cm³/mol. The Bertz CT molecular complexity index is 466. The smallest absolute Gasteiger partial charge is 0.274 e. The quantitative estimate of drug-likeness (QED) is 0.359. The van der Waals surface area contributed by atoms with E-state index in [0.717, 1.165) is 0 Å². The van der Waals surface area contributed by atoms with Gasteiger partial charge in [0.1, 0.15) is 5.69 Å². The minimum Gasteiger partial charge on any atom is -0.274 e. The van der Waals surface area contributed by atoms with E-state index in [1.807, 2.05) is 0 Å². The van der Waals surface area contributed by atoms with E-state index in [-0.39, 0.29) is 6.07 Å². The molecule has 0 aliphatic carbocycles. The molecule has 0 aromatic carbocycles. The number of rotatable bonds is 3. The van der Waals surface area contributed by atoms with Crippen molar-refractivity contribution >= 4 is 22.5 Å². The number of nitro groups is 1. The molecule has 0 saturated carbocycles. The van der Waals surface area contributed by atoms with E-state index < -0.39 is 39.5 Å². The zero-order valence-corrected chi connectivity index (χ0v) is 8.04. The minimum absolute atomic E-state index is 0.239. The van der Waals surface area contributed by atoms with Gasteiger partial charge in [-0.25, -0.2) is 13.8 Å². The lowest BCUT2D eigenvalue weighted by Crippen LogP contribution is -2.07. The van der Waals surface area contributed by atoms with E-state index in [1.165, 1.54) is 0 Å². The third-order valence-corrected chi connectivity index (χ3v) is 1.78. The maximum absolute atomic E-state index is 12.9. The molecular weight excluding hydrogens is 253 g/mol. The normalized spacial score (nSPS) is 10.6. The van der Waals surface area contributed by atoms with Gasteiger partial charge in [-0.1, -0.05) is 0 Å². The zero-order valence-electron chi connectivity index (χ0n) is 7.29. The molecule has 1 rings (SSSR count). The van der Waals surface area contributed by atoms with Gasteiger partial charge in [0.2, 0.25) is 0 Å². The highest BCUT2D eigenvalue weighted by Gasteiger charge is 2.26. The molecule has 0 fully saturated rings. The van der Waals surface area contributed by atoms with Crippen LogP contribution in [0.3, 0.4) is 0 Å². The lowest BCUT2D eigenvalue weighted by molar-refractivity contribution is -0.388. The van der Waals surface area contributed by atoms with Crippen LogP contribution >= 0.6 is 11.6 Å². The second kappa shape index (κ2) is 4.44. The standard InChI is InChI=1S/C7H2ClF3N2O3/c8-5(14)4-2(6(9)10)1-3(13(15)16)7(11)12-4/h1,6H. The Balaban J connectivity index is 3.49. The Kier molecular flexibility index (Phi) is 3.43. The first-order chi connectivity index (χ1) is 7.34. The molecule has 1 heterocycles. The van der Waals surface area contributed by atoms with Crippen molar-refractivity contribution < 1.29 is 22.9 Å². The highest BCUT2D eigenvalue weighted by Crippen LogP contribution is 2.28. The van der Waals surface area contributed by atoms with E-state index in [0.29, 0.717) is 0 Å². The van der Waals surface area contributed by atoms with Gasteiger partial charge in [-0.2, -0.15) is 4.39 Å². The molecule has 16 heavy (non-hydrogen) atoms. The number of alkyl halides is 2. The molecular formula is C7H2ClF3N2O3. The van der Waals surface area contributed by atoms with Crippen LogP contribution < -0.4 is 0 Å². The van der Waals surface area contributed by atoms with Crippen molar-refractivity contribution in [3.8, 4) is 0 Å². The maximum Gasteiger partial charge on any atom is 0.324 e. The highest BCUT2D eigenvalue weighted by atomic mass is 35.5. The summed E-state index contributed by atoms with van der Waals surface area (Å²) in [7, 11) is 0. The van der Waals surface area contributed by atoms with Crippen molar-refractivity contribution in [2.75, 3.05) is 0 Å². The minimum atomic E-state index is -3.22. The van der Waals surface area contributed by atoms with Crippen LogP contribution in [-0.4, -0.2) is 15.1 Å². The first-order valence-electron chi connectivity index (χ1n) is 3.67. The van der Waals surface area contributed by atoms with Gasteiger partial charge in [0, 0.05) is 6.07 Å². The molecule has 0 amide bonds. The first kappa shape index (κ1) is 12.4. The van der Waals surface area contributed by atoms with Crippen LogP contribution in [0.25, 0.3) is 0 Å². The molecule has 9 heteroatoms. The molecule has 0 aliphatic heterocycles. The topological polar surface area (TPSA) is 73.1 Å². The number of nitrogens with zero attached hydrogens (tertiary/aromatic N) is 2. The third kappa shape index (κ3) is 2.27. The number of hydrogen-bond donors (Lipinski definition) is 0. The fraction of sp³-hybridized carbons (Fsp3) is 0.143. The number of aromatic nitrogens is 1. The molecule has 5 nitrogen and oxygen atoms in total. The zero-order chi connectivity index (χ0) is 12.5. The summed E-state index contributed by atoms with van der Waals surface area (Å²) < 4.78 is 37.6. The summed E-state index contributed by atoms with van der Waals surface area (Å²) in [5.74, 6) is -1.64. The van der Waals surface area contributed by atoms with Gasteiger partial charge in [0.25, 0.3) is 17.6 Å². The van der Waals surface area contributed by atoms with E-state index >= 15 is 0 Å². The summed E-state index contributed by atoms with van der Waals surface area (Å²) in [4.78, 5) is 22.4. The molecule has 0 radical (unpaired) electrons. The second-order valence-electron chi connectivity index (χ2n) is 2.57. The lowest BCUT2D eigenvalue weighted by Gasteiger charge is -2.04. The molecule has 1 aromatic rings. The van der Waals surface area contributed by atoms with Gasteiger partial charge in [-0.15, -0.1) is 0 Å². The average Bonchev–Trinajstić information content (AvgIpc) is 2.15. The van der Waals surface area contributed by atoms with Crippen LogP contribution in [0, 0.1) is 16.1 Å². The van der Waals surface area contributed by atoms with Gasteiger partial charge in [-0.3, -0.25) is 14.9 Å². The average molecular weight is 255 g/mol. The van der Waals surface area contributed by atoms with Crippen LogP contribution in [0.4, 0.5) is 18.9 Å². The van der Waals surface area contributed by atoms with Gasteiger partial charge >= 0.3 is 5.69 Å². The first-order valence-corrected chi connectivity index (χ1v) is 4.05. The van der Waals surface area contributed by atoms with Crippen LogP contribution in [0.2, 0.25) is 0 Å². The Labute approximate surface area is 91.0 Å². The number of carbonyl (C=O) groups is 1. The number of halogens is 4. The summed E-state index contributed by atoms with van der Waals surface area (Å²) in [6.45, 7) is 0. The van der Waals surface area contributed by atoms with Crippen molar-refractivity contribution in [1.29, 1.82) is 0 Å². The largest absolute Gasteiger partial charge is 0.324 e. The maximum atomic E-state index is 12.9. The molecule has 0 spiro atoms. The van der Waals surface area contributed by atoms with Crippen LogP contribution in [-0.2, 0) is 0 Å². The van der Waals surface area contributed by atoms with Crippen LogP contribution in [0.15, 0.2) is 6.07 Å². The van der Waals surface area contributed by atoms with Crippen molar-refractivity contribution in [2.24, 2.45) is 0 Å². The summed E-state index contributed by atoms with van der Waals surface area (Å²) in [5, 5.41) is 8.83. The summed E-state index contributed by atoms with van der Waals surface area (Å²) >= 11 is 4.89.